The van der Waals surface area contributed by atoms with Crippen molar-refractivity contribution in [2.75, 3.05) is 13.2 Å². The van der Waals surface area contributed by atoms with E-state index in [1.165, 1.54) is 0 Å². The number of hydrogen-bond donors (Lipinski definition) is 1. The Morgan fingerprint density at radius 1 is 1.32 bits per heavy atom. The number of ether oxygens (including phenoxy) is 1. The van der Waals surface area contributed by atoms with Crippen LogP contribution in [0, 0.1) is 5.41 Å². The first-order valence-electron chi connectivity index (χ1n) is 6.45. The SMILES string of the molecule is CC(C)(C)C(=O)CNC(=O)c1ccc2c(c1)CCO2. The zero-order valence-corrected chi connectivity index (χ0v) is 11.6. The standard InChI is InChI=1S/C15H19NO3/c1-15(2,3)13(17)9-16-14(18)11-4-5-12-10(8-11)6-7-19-12/h4-5,8H,6-7,9H2,1-3H3,(H,16,18). The number of carbonyl (C=O) groups is 2. The van der Waals surface area contributed by atoms with Gasteiger partial charge in [0, 0.05) is 17.4 Å². The monoisotopic (exact) mass is 261 g/mol. The fourth-order valence-electron chi connectivity index (χ4n) is 1.86. The highest BCUT2D eigenvalue weighted by Crippen LogP contribution is 2.25. The lowest BCUT2D eigenvalue weighted by molar-refractivity contribution is -0.125. The van der Waals surface area contributed by atoms with Gasteiger partial charge in [0.25, 0.3) is 5.91 Å². The van der Waals surface area contributed by atoms with Crippen molar-refractivity contribution < 1.29 is 14.3 Å². The first kappa shape index (κ1) is 13.6. The van der Waals surface area contributed by atoms with Crippen molar-refractivity contribution in [3.8, 4) is 5.75 Å². The Balaban J connectivity index is 1.99. The molecule has 0 bridgehead atoms. The van der Waals surface area contributed by atoms with Crippen LogP contribution in [0.3, 0.4) is 0 Å². The summed E-state index contributed by atoms with van der Waals surface area (Å²) in [5.41, 5.74) is 1.19. The molecule has 4 nitrogen and oxygen atoms in total. The van der Waals surface area contributed by atoms with Crippen LogP contribution in [-0.2, 0) is 11.2 Å². The molecule has 4 heteroatoms. The lowest BCUT2D eigenvalue weighted by Gasteiger charge is -2.16. The number of amides is 1. The second kappa shape index (κ2) is 5.03. The van der Waals surface area contributed by atoms with Gasteiger partial charge in [-0.1, -0.05) is 20.8 Å². The van der Waals surface area contributed by atoms with Crippen molar-refractivity contribution in [2.24, 2.45) is 5.41 Å². The normalized spacial score (nSPS) is 13.6. The molecule has 0 aliphatic carbocycles. The Hall–Kier alpha value is -1.84. The number of benzene rings is 1. The van der Waals surface area contributed by atoms with Crippen molar-refractivity contribution in [3.05, 3.63) is 29.3 Å². The zero-order chi connectivity index (χ0) is 14.0. The maximum Gasteiger partial charge on any atom is 0.251 e. The zero-order valence-electron chi connectivity index (χ0n) is 11.6. The number of fused-ring (bicyclic) bond motifs is 1. The van der Waals surface area contributed by atoms with Crippen LogP contribution in [0.4, 0.5) is 0 Å². The van der Waals surface area contributed by atoms with Crippen LogP contribution in [0.15, 0.2) is 18.2 Å². The van der Waals surface area contributed by atoms with E-state index in [0.29, 0.717) is 12.2 Å². The molecule has 1 aliphatic heterocycles. The summed E-state index contributed by atoms with van der Waals surface area (Å²) in [6.07, 6.45) is 0.831. The molecule has 0 aromatic heterocycles. The third kappa shape index (κ3) is 3.13. The number of carbonyl (C=O) groups excluding carboxylic acids is 2. The number of Topliss-reactive ketones (excluding diaryl/α,β-unsaturated/α-hetero) is 1. The highest BCUT2D eigenvalue weighted by atomic mass is 16.5. The molecule has 1 aromatic carbocycles. The molecule has 1 aliphatic rings. The Morgan fingerprint density at radius 3 is 2.74 bits per heavy atom. The minimum atomic E-state index is -0.431. The average molecular weight is 261 g/mol. The van der Waals surface area contributed by atoms with Gasteiger partial charge in [-0.2, -0.15) is 0 Å². The third-order valence-electron chi connectivity index (χ3n) is 3.20. The van der Waals surface area contributed by atoms with Crippen LogP contribution < -0.4 is 10.1 Å². The molecule has 0 spiro atoms. The minimum Gasteiger partial charge on any atom is -0.493 e. The Bertz CT molecular complexity index is 515. The smallest absolute Gasteiger partial charge is 0.251 e. The van der Waals surface area contributed by atoms with Crippen LogP contribution in [0.1, 0.15) is 36.7 Å². The summed E-state index contributed by atoms with van der Waals surface area (Å²) in [5.74, 6) is 0.653. The first-order valence-corrected chi connectivity index (χ1v) is 6.45. The second-order valence-electron chi connectivity index (χ2n) is 5.78. The number of ketones is 1. The summed E-state index contributed by atoms with van der Waals surface area (Å²) in [6.45, 7) is 6.26. The van der Waals surface area contributed by atoms with E-state index in [4.69, 9.17) is 4.74 Å². The van der Waals surface area contributed by atoms with Crippen molar-refractivity contribution in [2.45, 2.75) is 27.2 Å². The Labute approximate surface area is 113 Å². The number of hydrogen-bond acceptors (Lipinski definition) is 3. The van der Waals surface area contributed by atoms with Gasteiger partial charge in [-0.25, -0.2) is 0 Å². The molecule has 1 heterocycles. The molecule has 0 radical (unpaired) electrons. The molecular formula is C15H19NO3. The Morgan fingerprint density at radius 2 is 2.05 bits per heavy atom. The minimum absolute atomic E-state index is 0.0188. The molecule has 2 rings (SSSR count). The van der Waals surface area contributed by atoms with E-state index in [1.54, 1.807) is 6.07 Å². The van der Waals surface area contributed by atoms with Crippen molar-refractivity contribution in [1.82, 2.24) is 5.32 Å². The van der Waals surface area contributed by atoms with Crippen molar-refractivity contribution in [1.29, 1.82) is 0 Å². The van der Waals surface area contributed by atoms with E-state index < -0.39 is 5.41 Å². The molecule has 0 fully saturated rings. The molecule has 0 saturated carbocycles. The molecule has 19 heavy (non-hydrogen) atoms. The summed E-state index contributed by atoms with van der Waals surface area (Å²) in [6, 6.07) is 5.36. The predicted octanol–water partition coefficient (Wildman–Crippen LogP) is 1.97. The lowest BCUT2D eigenvalue weighted by atomic mass is 9.91. The fraction of sp³-hybridized carbons (Fsp3) is 0.467. The van der Waals surface area contributed by atoms with Gasteiger partial charge in [-0.3, -0.25) is 9.59 Å². The highest BCUT2D eigenvalue weighted by Gasteiger charge is 2.22. The molecule has 0 unspecified atom stereocenters. The predicted molar refractivity (Wildman–Crippen MR) is 72.4 cm³/mol. The molecule has 102 valence electrons. The quantitative estimate of drug-likeness (QED) is 0.905. The average Bonchev–Trinajstić information content (AvgIpc) is 2.81. The van der Waals surface area contributed by atoms with Crippen LogP contribution in [0.2, 0.25) is 0 Å². The highest BCUT2D eigenvalue weighted by molar-refractivity contribution is 5.97. The maximum absolute atomic E-state index is 12.0. The lowest BCUT2D eigenvalue weighted by Crippen LogP contribution is -2.35. The van der Waals surface area contributed by atoms with Gasteiger partial charge < -0.3 is 10.1 Å². The largest absolute Gasteiger partial charge is 0.493 e. The molecule has 0 atom stereocenters. The van der Waals surface area contributed by atoms with Gasteiger partial charge in [0.1, 0.15) is 5.75 Å². The summed E-state index contributed by atoms with van der Waals surface area (Å²) >= 11 is 0. The maximum atomic E-state index is 12.0. The van der Waals surface area contributed by atoms with E-state index in [2.05, 4.69) is 5.32 Å². The topological polar surface area (TPSA) is 55.4 Å². The van der Waals surface area contributed by atoms with Gasteiger partial charge >= 0.3 is 0 Å². The molecule has 1 N–H and O–H groups in total. The van der Waals surface area contributed by atoms with Gasteiger partial charge in [0.15, 0.2) is 5.78 Å². The van der Waals surface area contributed by atoms with Crippen LogP contribution in [0.25, 0.3) is 0 Å². The number of rotatable bonds is 3. The van der Waals surface area contributed by atoms with E-state index in [9.17, 15) is 9.59 Å². The van der Waals surface area contributed by atoms with Gasteiger partial charge in [-0.05, 0) is 23.8 Å². The van der Waals surface area contributed by atoms with Crippen molar-refractivity contribution >= 4 is 11.7 Å². The second-order valence-corrected chi connectivity index (χ2v) is 5.78. The van der Waals surface area contributed by atoms with Crippen LogP contribution >= 0.6 is 0 Å². The summed E-state index contributed by atoms with van der Waals surface area (Å²) in [7, 11) is 0. The summed E-state index contributed by atoms with van der Waals surface area (Å²) in [5, 5.41) is 2.67. The number of nitrogens with one attached hydrogen (secondary N) is 1. The van der Waals surface area contributed by atoms with Gasteiger partial charge in [-0.15, -0.1) is 0 Å². The molecule has 1 aromatic rings. The van der Waals surface area contributed by atoms with Crippen LogP contribution in [-0.4, -0.2) is 24.8 Å². The van der Waals surface area contributed by atoms with E-state index in [0.717, 1.165) is 17.7 Å². The first-order chi connectivity index (χ1) is 8.88. The van der Waals surface area contributed by atoms with Gasteiger partial charge in [0.2, 0.25) is 0 Å². The summed E-state index contributed by atoms with van der Waals surface area (Å²) < 4.78 is 5.39. The van der Waals surface area contributed by atoms with Crippen molar-refractivity contribution in [3.63, 3.8) is 0 Å². The fourth-order valence-corrected chi connectivity index (χ4v) is 1.86. The van der Waals surface area contributed by atoms with Gasteiger partial charge in [0.05, 0.1) is 13.2 Å². The van der Waals surface area contributed by atoms with Crippen LogP contribution in [0.5, 0.6) is 5.75 Å². The van der Waals surface area contributed by atoms with E-state index >= 15 is 0 Å². The van der Waals surface area contributed by atoms with E-state index in [1.807, 2.05) is 32.9 Å². The molecular weight excluding hydrogens is 242 g/mol. The molecule has 0 saturated heterocycles. The third-order valence-corrected chi connectivity index (χ3v) is 3.20. The van der Waals surface area contributed by atoms with E-state index in [-0.39, 0.29) is 18.2 Å². The molecule has 1 amide bonds. The Kier molecular flexibility index (Phi) is 3.60. The summed E-state index contributed by atoms with van der Waals surface area (Å²) in [4.78, 5) is 23.7.